The summed E-state index contributed by atoms with van der Waals surface area (Å²) >= 11 is 0. The molecule has 0 radical (unpaired) electrons. The number of nitrogens with zero attached hydrogens (tertiary/aromatic N) is 1. The number of hydrogen-bond donors (Lipinski definition) is 0. The summed E-state index contributed by atoms with van der Waals surface area (Å²) in [4.78, 5) is 1.71. The van der Waals surface area contributed by atoms with E-state index in [1.165, 1.54) is 18.2 Å². The van der Waals surface area contributed by atoms with Crippen LogP contribution in [0.4, 0.5) is 18.6 Å². The smallest absolute Gasteiger partial charge is 0.445 e. The maximum atomic E-state index is 13.0. The van der Waals surface area contributed by atoms with Crippen LogP contribution in [0.2, 0.25) is 0 Å². The molecular formula is C12H16BF3N-. The van der Waals surface area contributed by atoms with Crippen molar-refractivity contribution in [3.05, 3.63) is 30.3 Å². The summed E-state index contributed by atoms with van der Waals surface area (Å²) in [7, 11) is 0. The van der Waals surface area contributed by atoms with Gasteiger partial charge >= 0.3 is 6.98 Å². The van der Waals surface area contributed by atoms with Gasteiger partial charge in [-0.1, -0.05) is 30.3 Å². The summed E-state index contributed by atoms with van der Waals surface area (Å²) in [6.45, 7) is 3.30. The van der Waals surface area contributed by atoms with Crippen molar-refractivity contribution in [1.29, 1.82) is 0 Å². The highest BCUT2D eigenvalue weighted by molar-refractivity contribution is 6.75. The van der Waals surface area contributed by atoms with E-state index in [9.17, 15) is 12.9 Å². The van der Waals surface area contributed by atoms with E-state index in [2.05, 4.69) is 6.58 Å². The van der Waals surface area contributed by atoms with Gasteiger partial charge in [0.15, 0.2) is 0 Å². The van der Waals surface area contributed by atoms with Crippen LogP contribution in [0.1, 0.15) is 19.4 Å². The van der Waals surface area contributed by atoms with Gasteiger partial charge in [-0.05, 0) is 25.5 Å². The maximum Gasteiger partial charge on any atom is 0.511 e. The number of halogens is 3. The molecule has 0 unspecified atom stereocenters. The lowest BCUT2D eigenvalue weighted by Gasteiger charge is -2.29. The minimum absolute atomic E-state index is 0.258. The number of benzene rings is 1. The molecule has 0 N–H and O–H groups in total. The van der Waals surface area contributed by atoms with Crippen molar-refractivity contribution in [2.24, 2.45) is 0 Å². The first-order chi connectivity index (χ1) is 7.93. The summed E-state index contributed by atoms with van der Waals surface area (Å²) in [5, 5.41) is 0. The molecule has 0 saturated heterocycles. The van der Waals surface area contributed by atoms with Crippen molar-refractivity contribution >= 4 is 24.2 Å². The Balaban J connectivity index is 3.34. The lowest BCUT2D eigenvalue weighted by atomic mass is 9.77. The highest BCUT2D eigenvalue weighted by Gasteiger charge is 2.29. The molecule has 0 amide bonds. The molecule has 1 aromatic rings. The summed E-state index contributed by atoms with van der Waals surface area (Å²) in [6, 6.07) is 4.35. The van der Waals surface area contributed by atoms with Crippen LogP contribution in [0.5, 0.6) is 0 Å². The van der Waals surface area contributed by atoms with Crippen LogP contribution >= 0.6 is 0 Å². The largest absolute Gasteiger partial charge is 0.511 e. The van der Waals surface area contributed by atoms with Crippen molar-refractivity contribution in [1.82, 2.24) is 0 Å². The quantitative estimate of drug-likeness (QED) is 0.716. The SMILES string of the molecule is C=Cc1ccc(N(CC)CC)c([B-](F)(F)F)c1. The molecule has 1 rings (SSSR count). The van der Waals surface area contributed by atoms with Crippen molar-refractivity contribution in [3.63, 3.8) is 0 Å². The molecule has 1 nitrogen and oxygen atoms in total. The Bertz CT molecular complexity index is 397. The van der Waals surface area contributed by atoms with Crippen molar-refractivity contribution in [2.45, 2.75) is 13.8 Å². The average Bonchev–Trinajstić information content (AvgIpc) is 2.29. The standard InChI is InChI=1S/C12H16BF3N/c1-4-10-7-8-12(17(5-2)6-3)11(9-10)13(14,15)16/h4,7-9H,1,5-6H2,2-3H3/q-1. The van der Waals surface area contributed by atoms with Gasteiger partial charge in [-0.2, -0.15) is 0 Å². The molecule has 0 saturated carbocycles. The highest BCUT2D eigenvalue weighted by Crippen LogP contribution is 2.21. The third kappa shape index (κ3) is 3.05. The Kier molecular flexibility index (Phi) is 4.26. The Morgan fingerprint density at radius 2 is 1.82 bits per heavy atom. The predicted octanol–water partition coefficient (Wildman–Crippen LogP) is 3.23. The molecule has 0 aliphatic rings. The molecule has 0 spiro atoms. The average molecular weight is 242 g/mol. The molecule has 0 aliphatic heterocycles. The minimum atomic E-state index is -5.00. The van der Waals surface area contributed by atoms with Gasteiger partial charge in [0.1, 0.15) is 0 Å². The van der Waals surface area contributed by atoms with E-state index >= 15 is 0 Å². The summed E-state index contributed by atoms with van der Waals surface area (Å²) in [5.74, 6) is 0. The Morgan fingerprint density at radius 3 is 2.24 bits per heavy atom. The fraction of sp³-hybridized carbons (Fsp3) is 0.333. The number of hydrogen-bond acceptors (Lipinski definition) is 1. The van der Waals surface area contributed by atoms with Crippen LogP contribution in [-0.4, -0.2) is 20.1 Å². The van der Waals surface area contributed by atoms with Gasteiger partial charge in [-0.25, -0.2) is 0 Å². The van der Waals surface area contributed by atoms with Crippen LogP contribution in [0.15, 0.2) is 24.8 Å². The number of anilines is 1. The van der Waals surface area contributed by atoms with E-state index in [4.69, 9.17) is 0 Å². The fourth-order valence-electron chi connectivity index (χ4n) is 1.81. The van der Waals surface area contributed by atoms with E-state index in [1.54, 1.807) is 11.0 Å². The summed E-state index contributed by atoms with van der Waals surface area (Å²) < 4.78 is 39.0. The van der Waals surface area contributed by atoms with Gasteiger partial charge in [0.2, 0.25) is 0 Å². The Hall–Kier alpha value is -1.39. The van der Waals surface area contributed by atoms with Crippen molar-refractivity contribution in [2.75, 3.05) is 18.0 Å². The van der Waals surface area contributed by atoms with Gasteiger partial charge in [0, 0.05) is 18.8 Å². The van der Waals surface area contributed by atoms with Gasteiger partial charge in [0.25, 0.3) is 0 Å². The zero-order valence-corrected chi connectivity index (χ0v) is 10.1. The first kappa shape index (κ1) is 13.7. The third-order valence-electron chi connectivity index (χ3n) is 2.74. The second-order valence-electron chi connectivity index (χ2n) is 3.77. The van der Waals surface area contributed by atoms with Crippen LogP contribution in [0.25, 0.3) is 6.08 Å². The lowest BCUT2D eigenvalue weighted by molar-refractivity contribution is 0.501. The van der Waals surface area contributed by atoms with Gasteiger partial charge in [-0.15, -0.1) is 0 Å². The summed E-state index contributed by atoms with van der Waals surface area (Å²) in [6.07, 6.45) is 1.43. The normalized spacial score (nSPS) is 11.4. The molecule has 5 heteroatoms. The summed E-state index contributed by atoms with van der Waals surface area (Å²) in [5.41, 5.74) is 0.217. The van der Waals surface area contributed by atoms with Crippen LogP contribution in [-0.2, 0) is 0 Å². The second kappa shape index (κ2) is 5.30. The molecule has 17 heavy (non-hydrogen) atoms. The van der Waals surface area contributed by atoms with E-state index in [1.807, 2.05) is 13.8 Å². The first-order valence-corrected chi connectivity index (χ1v) is 5.65. The molecule has 0 bridgehead atoms. The van der Waals surface area contributed by atoms with E-state index < -0.39 is 12.4 Å². The van der Waals surface area contributed by atoms with Crippen LogP contribution in [0.3, 0.4) is 0 Å². The van der Waals surface area contributed by atoms with Gasteiger partial charge in [-0.3, -0.25) is 0 Å². The van der Waals surface area contributed by atoms with E-state index in [0.29, 0.717) is 18.7 Å². The highest BCUT2D eigenvalue weighted by atomic mass is 19.4. The van der Waals surface area contributed by atoms with Crippen LogP contribution in [0, 0.1) is 0 Å². The predicted molar refractivity (Wildman–Crippen MR) is 68.8 cm³/mol. The maximum absolute atomic E-state index is 13.0. The topological polar surface area (TPSA) is 3.24 Å². The van der Waals surface area contributed by atoms with Gasteiger partial charge in [0.05, 0.1) is 0 Å². The monoisotopic (exact) mass is 242 g/mol. The van der Waals surface area contributed by atoms with Crippen molar-refractivity contribution < 1.29 is 12.9 Å². The van der Waals surface area contributed by atoms with Crippen LogP contribution < -0.4 is 10.4 Å². The molecule has 0 aliphatic carbocycles. The van der Waals surface area contributed by atoms with E-state index in [-0.39, 0.29) is 5.69 Å². The molecule has 0 aromatic heterocycles. The van der Waals surface area contributed by atoms with Crippen molar-refractivity contribution in [3.8, 4) is 0 Å². The molecule has 0 fully saturated rings. The lowest BCUT2D eigenvalue weighted by Crippen LogP contribution is -2.40. The molecular weight excluding hydrogens is 226 g/mol. The first-order valence-electron chi connectivity index (χ1n) is 5.65. The molecule has 94 valence electrons. The van der Waals surface area contributed by atoms with Gasteiger partial charge < -0.3 is 17.8 Å². The molecule has 0 heterocycles. The second-order valence-corrected chi connectivity index (χ2v) is 3.77. The minimum Gasteiger partial charge on any atom is -0.445 e. The third-order valence-corrected chi connectivity index (χ3v) is 2.74. The zero-order chi connectivity index (χ0) is 13.1. The fourth-order valence-corrected chi connectivity index (χ4v) is 1.81. The zero-order valence-electron chi connectivity index (χ0n) is 10.1. The number of rotatable bonds is 5. The van der Waals surface area contributed by atoms with E-state index in [0.717, 1.165) is 0 Å². The molecule has 1 aromatic carbocycles. The Labute approximate surface area is 100.0 Å². The Morgan fingerprint density at radius 1 is 1.24 bits per heavy atom. The molecule has 0 atom stereocenters.